The highest BCUT2D eigenvalue weighted by molar-refractivity contribution is 7.12. The van der Waals surface area contributed by atoms with Crippen LogP contribution in [0.2, 0.25) is 0 Å². The first-order chi connectivity index (χ1) is 13.2. The second-order valence-electron chi connectivity index (χ2n) is 6.50. The second-order valence-corrected chi connectivity index (χ2v) is 7.45. The minimum Gasteiger partial charge on any atom is -0.446 e. The molecule has 27 heavy (non-hydrogen) atoms. The molecule has 0 aromatic carbocycles. The van der Waals surface area contributed by atoms with Crippen molar-refractivity contribution in [1.29, 1.82) is 0 Å². The van der Waals surface area contributed by atoms with Crippen molar-refractivity contribution in [1.82, 2.24) is 15.2 Å². The van der Waals surface area contributed by atoms with Crippen LogP contribution in [0.3, 0.4) is 0 Å². The minimum absolute atomic E-state index is 0.0233. The number of carbonyl (C=O) groups excluding carboxylic acids is 2. The highest BCUT2D eigenvalue weighted by Gasteiger charge is 2.20. The number of unbranched alkanes of at least 4 members (excludes halogenated alkanes) is 4. The number of rotatable bonds is 12. The van der Waals surface area contributed by atoms with Crippen molar-refractivity contribution < 1.29 is 14.0 Å². The predicted molar refractivity (Wildman–Crippen MR) is 107 cm³/mol. The Labute approximate surface area is 165 Å². The van der Waals surface area contributed by atoms with Gasteiger partial charge in [-0.3, -0.25) is 9.59 Å². The summed E-state index contributed by atoms with van der Waals surface area (Å²) in [6.45, 7) is 5.80. The molecule has 0 bridgehead atoms. The van der Waals surface area contributed by atoms with Gasteiger partial charge in [0.2, 0.25) is 5.89 Å². The van der Waals surface area contributed by atoms with Crippen LogP contribution in [0, 0.1) is 0 Å². The van der Waals surface area contributed by atoms with Crippen LogP contribution in [0.5, 0.6) is 0 Å². The summed E-state index contributed by atoms with van der Waals surface area (Å²) >= 11 is 1.43. The van der Waals surface area contributed by atoms with Gasteiger partial charge in [0.1, 0.15) is 6.26 Å². The van der Waals surface area contributed by atoms with Gasteiger partial charge in [-0.2, -0.15) is 0 Å². The van der Waals surface area contributed by atoms with Crippen LogP contribution in [-0.2, 0) is 6.54 Å². The lowest BCUT2D eigenvalue weighted by molar-refractivity contribution is 0.0730. The van der Waals surface area contributed by atoms with E-state index in [0.717, 1.165) is 38.5 Å². The highest BCUT2D eigenvalue weighted by atomic mass is 32.1. The third kappa shape index (κ3) is 6.82. The summed E-state index contributed by atoms with van der Waals surface area (Å²) in [4.78, 5) is 31.6. The summed E-state index contributed by atoms with van der Waals surface area (Å²) in [7, 11) is 0. The quantitative estimate of drug-likeness (QED) is 0.541. The van der Waals surface area contributed by atoms with Gasteiger partial charge in [-0.05, 0) is 24.3 Å². The van der Waals surface area contributed by atoms with E-state index in [1.165, 1.54) is 17.6 Å². The van der Waals surface area contributed by atoms with Crippen molar-refractivity contribution in [3.8, 4) is 0 Å². The fourth-order valence-electron chi connectivity index (χ4n) is 2.68. The van der Waals surface area contributed by atoms with Crippen LogP contribution < -0.4 is 5.32 Å². The summed E-state index contributed by atoms with van der Waals surface area (Å²) in [6, 6.07) is 3.69. The molecule has 2 amide bonds. The zero-order chi connectivity index (χ0) is 19.5. The number of nitrogens with zero attached hydrogens (tertiary/aromatic N) is 2. The number of hydrogen-bond acceptors (Lipinski definition) is 5. The van der Waals surface area contributed by atoms with Crippen molar-refractivity contribution in [3.05, 3.63) is 40.2 Å². The fraction of sp³-hybridized carbons (Fsp3) is 0.550. The number of thiophene rings is 1. The Balaban J connectivity index is 1.97. The molecule has 2 aromatic heterocycles. The number of hydrogen-bond donors (Lipinski definition) is 1. The molecule has 148 valence electrons. The monoisotopic (exact) mass is 391 g/mol. The molecule has 0 radical (unpaired) electrons. The van der Waals surface area contributed by atoms with E-state index in [1.807, 2.05) is 17.5 Å². The molecular weight excluding hydrogens is 362 g/mol. The van der Waals surface area contributed by atoms with Gasteiger partial charge in [-0.1, -0.05) is 45.6 Å². The summed E-state index contributed by atoms with van der Waals surface area (Å²) in [5.41, 5.74) is 0.263. The Morgan fingerprint density at radius 2 is 1.96 bits per heavy atom. The van der Waals surface area contributed by atoms with Crippen LogP contribution in [0.4, 0.5) is 0 Å². The van der Waals surface area contributed by atoms with Crippen LogP contribution in [-0.4, -0.2) is 34.8 Å². The molecule has 1 N–H and O–H groups in total. The smallest absolute Gasteiger partial charge is 0.273 e. The SMILES string of the molecule is CCCCCNC(=O)c1coc(CN(CCCCC)C(=O)c2cccs2)n1. The number of oxazole rings is 1. The Morgan fingerprint density at radius 3 is 2.67 bits per heavy atom. The van der Waals surface area contributed by atoms with E-state index >= 15 is 0 Å². The van der Waals surface area contributed by atoms with Crippen molar-refractivity contribution in [2.45, 2.75) is 58.9 Å². The average Bonchev–Trinajstić information content (AvgIpc) is 3.36. The molecule has 0 saturated heterocycles. The van der Waals surface area contributed by atoms with E-state index in [4.69, 9.17) is 4.42 Å². The largest absolute Gasteiger partial charge is 0.446 e. The zero-order valence-electron chi connectivity index (χ0n) is 16.2. The summed E-state index contributed by atoms with van der Waals surface area (Å²) in [6.07, 6.45) is 7.59. The molecule has 0 spiro atoms. The van der Waals surface area contributed by atoms with Gasteiger partial charge in [-0.15, -0.1) is 11.3 Å². The van der Waals surface area contributed by atoms with E-state index in [-0.39, 0.29) is 24.1 Å². The van der Waals surface area contributed by atoms with Gasteiger partial charge in [0.15, 0.2) is 5.69 Å². The van der Waals surface area contributed by atoms with E-state index in [2.05, 4.69) is 24.1 Å². The Hall–Kier alpha value is -2.15. The second kappa shape index (κ2) is 11.5. The maximum absolute atomic E-state index is 12.7. The molecule has 6 nitrogen and oxygen atoms in total. The van der Waals surface area contributed by atoms with E-state index in [1.54, 1.807) is 4.90 Å². The Morgan fingerprint density at radius 1 is 1.19 bits per heavy atom. The highest BCUT2D eigenvalue weighted by Crippen LogP contribution is 2.16. The van der Waals surface area contributed by atoms with Gasteiger partial charge >= 0.3 is 0 Å². The molecule has 7 heteroatoms. The molecule has 0 atom stereocenters. The third-order valence-corrected chi connectivity index (χ3v) is 5.09. The predicted octanol–water partition coefficient (Wildman–Crippen LogP) is 4.49. The van der Waals surface area contributed by atoms with Crippen LogP contribution in [0.1, 0.15) is 78.4 Å². The minimum atomic E-state index is -0.233. The lowest BCUT2D eigenvalue weighted by Gasteiger charge is -2.20. The molecule has 0 unspecified atom stereocenters. The van der Waals surface area contributed by atoms with E-state index in [9.17, 15) is 9.59 Å². The number of nitrogens with one attached hydrogen (secondary N) is 1. The summed E-state index contributed by atoms with van der Waals surface area (Å²) < 4.78 is 5.46. The molecule has 0 aliphatic carbocycles. The molecule has 2 heterocycles. The lowest BCUT2D eigenvalue weighted by atomic mass is 10.2. The van der Waals surface area contributed by atoms with Crippen LogP contribution >= 0.6 is 11.3 Å². The van der Waals surface area contributed by atoms with Gasteiger partial charge < -0.3 is 14.6 Å². The molecular formula is C20H29N3O3S. The molecule has 0 aliphatic rings. The van der Waals surface area contributed by atoms with Crippen molar-refractivity contribution in [2.24, 2.45) is 0 Å². The number of amides is 2. The van der Waals surface area contributed by atoms with Gasteiger partial charge in [0.05, 0.1) is 11.4 Å². The van der Waals surface area contributed by atoms with Gasteiger partial charge in [0, 0.05) is 13.1 Å². The fourth-order valence-corrected chi connectivity index (χ4v) is 3.37. The van der Waals surface area contributed by atoms with E-state index in [0.29, 0.717) is 23.9 Å². The standard InChI is InChI=1S/C20H29N3O3S/c1-3-5-7-11-21-19(24)16-15-26-18(22-16)14-23(12-8-6-4-2)20(25)17-10-9-13-27-17/h9-10,13,15H,3-8,11-12,14H2,1-2H3,(H,21,24). The number of carbonyl (C=O) groups is 2. The first-order valence-corrected chi connectivity index (χ1v) is 10.6. The number of aromatic nitrogens is 1. The topological polar surface area (TPSA) is 75.4 Å². The van der Waals surface area contributed by atoms with Gasteiger partial charge in [-0.25, -0.2) is 4.98 Å². The van der Waals surface area contributed by atoms with Crippen LogP contribution in [0.25, 0.3) is 0 Å². The van der Waals surface area contributed by atoms with Crippen LogP contribution in [0.15, 0.2) is 28.2 Å². The Kier molecular flexibility index (Phi) is 9.04. The first-order valence-electron chi connectivity index (χ1n) is 9.71. The average molecular weight is 392 g/mol. The lowest BCUT2D eigenvalue weighted by Crippen LogP contribution is -2.31. The normalized spacial score (nSPS) is 10.7. The maximum Gasteiger partial charge on any atom is 0.273 e. The Bertz CT molecular complexity index is 697. The van der Waals surface area contributed by atoms with Crippen molar-refractivity contribution in [3.63, 3.8) is 0 Å². The first kappa shape index (κ1) is 21.2. The molecule has 2 aromatic rings. The molecule has 0 saturated carbocycles. The van der Waals surface area contributed by atoms with E-state index < -0.39 is 0 Å². The zero-order valence-corrected chi connectivity index (χ0v) is 17.0. The third-order valence-electron chi connectivity index (χ3n) is 4.23. The molecule has 0 aliphatic heterocycles. The van der Waals surface area contributed by atoms with Crippen molar-refractivity contribution in [2.75, 3.05) is 13.1 Å². The van der Waals surface area contributed by atoms with Crippen molar-refractivity contribution >= 4 is 23.2 Å². The maximum atomic E-state index is 12.7. The summed E-state index contributed by atoms with van der Waals surface area (Å²) in [5, 5.41) is 4.74. The summed E-state index contributed by atoms with van der Waals surface area (Å²) in [5.74, 6) is 0.128. The molecule has 0 fully saturated rings. The molecule has 2 rings (SSSR count). The van der Waals surface area contributed by atoms with Gasteiger partial charge in [0.25, 0.3) is 11.8 Å².